The molecule has 0 saturated carbocycles. The van der Waals surface area contributed by atoms with Crippen molar-refractivity contribution in [3.05, 3.63) is 11.1 Å². The SMILES string of the molecule is CCO/C(=C/B(OC)OC)SC. The van der Waals surface area contributed by atoms with Gasteiger partial charge in [-0.3, -0.25) is 0 Å². The lowest BCUT2D eigenvalue weighted by atomic mass is 9.91. The van der Waals surface area contributed by atoms with Gasteiger partial charge in [-0.2, -0.15) is 0 Å². The number of hydrogen-bond donors (Lipinski definition) is 0. The highest BCUT2D eigenvalue weighted by atomic mass is 32.2. The zero-order valence-electron chi connectivity index (χ0n) is 7.99. The first-order chi connectivity index (χ1) is 5.78. The molecule has 0 bridgehead atoms. The molecule has 0 aliphatic carbocycles. The number of rotatable bonds is 6. The van der Waals surface area contributed by atoms with Crippen LogP contribution >= 0.6 is 11.8 Å². The molecule has 0 aromatic heterocycles. The van der Waals surface area contributed by atoms with Crippen LogP contribution < -0.4 is 0 Å². The van der Waals surface area contributed by atoms with E-state index in [1.54, 1.807) is 20.2 Å². The Hall–Kier alpha value is -0.125. The van der Waals surface area contributed by atoms with Crippen LogP contribution in [0, 0.1) is 0 Å². The van der Waals surface area contributed by atoms with Crippen molar-refractivity contribution in [2.45, 2.75) is 6.92 Å². The Morgan fingerprint density at radius 1 is 1.42 bits per heavy atom. The molecule has 0 aromatic rings. The fraction of sp³-hybridized carbons (Fsp3) is 0.714. The van der Waals surface area contributed by atoms with Crippen LogP contribution in [0.1, 0.15) is 6.92 Å². The van der Waals surface area contributed by atoms with Crippen LogP contribution in [0.3, 0.4) is 0 Å². The van der Waals surface area contributed by atoms with Crippen LogP contribution in [-0.4, -0.2) is 34.2 Å². The lowest BCUT2D eigenvalue weighted by Gasteiger charge is -2.07. The van der Waals surface area contributed by atoms with Crippen LogP contribution in [0.15, 0.2) is 11.1 Å². The van der Waals surface area contributed by atoms with Crippen molar-refractivity contribution in [3.8, 4) is 0 Å². The summed E-state index contributed by atoms with van der Waals surface area (Å²) >= 11 is 1.53. The zero-order valence-corrected chi connectivity index (χ0v) is 8.81. The van der Waals surface area contributed by atoms with Crippen LogP contribution in [0.2, 0.25) is 0 Å². The predicted octanol–water partition coefficient (Wildman–Crippen LogP) is 1.55. The fourth-order valence-electron chi connectivity index (χ4n) is 0.661. The quantitative estimate of drug-likeness (QED) is 0.469. The van der Waals surface area contributed by atoms with Crippen molar-refractivity contribution in [2.24, 2.45) is 0 Å². The third-order valence-corrected chi connectivity index (χ3v) is 1.88. The summed E-state index contributed by atoms with van der Waals surface area (Å²) in [6.07, 6.45) is 1.95. The third-order valence-electron chi connectivity index (χ3n) is 1.22. The first-order valence-corrected chi connectivity index (χ1v) is 4.95. The normalized spacial score (nSPS) is 11.5. The van der Waals surface area contributed by atoms with E-state index in [2.05, 4.69) is 0 Å². The molecule has 0 fully saturated rings. The summed E-state index contributed by atoms with van der Waals surface area (Å²) in [5, 5.41) is 0.825. The lowest BCUT2D eigenvalue weighted by molar-refractivity contribution is 0.253. The lowest BCUT2D eigenvalue weighted by Crippen LogP contribution is -2.16. The van der Waals surface area contributed by atoms with Gasteiger partial charge in [0, 0.05) is 14.2 Å². The summed E-state index contributed by atoms with van der Waals surface area (Å²) in [6.45, 7) is 2.60. The summed E-state index contributed by atoms with van der Waals surface area (Å²) in [6, 6.07) is 0. The molecule has 0 rings (SSSR count). The Morgan fingerprint density at radius 3 is 2.33 bits per heavy atom. The van der Waals surface area contributed by atoms with Crippen molar-refractivity contribution < 1.29 is 14.0 Å². The van der Waals surface area contributed by atoms with Gasteiger partial charge in [0.2, 0.25) is 0 Å². The molecule has 0 N–H and O–H groups in total. The molecule has 0 spiro atoms. The first kappa shape index (κ1) is 11.9. The molecule has 0 heterocycles. The van der Waals surface area contributed by atoms with Gasteiger partial charge in [0.25, 0.3) is 0 Å². The van der Waals surface area contributed by atoms with Crippen LogP contribution in [0.4, 0.5) is 0 Å². The van der Waals surface area contributed by atoms with E-state index in [0.29, 0.717) is 6.61 Å². The highest BCUT2D eigenvalue weighted by Crippen LogP contribution is 2.13. The minimum absolute atomic E-state index is 0.320. The zero-order chi connectivity index (χ0) is 9.40. The Morgan fingerprint density at radius 2 is 2.00 bits per heavy atom. The van der Waals surface area contributed by atoms with Gasteiger partial charge >= 0.3 is 7.12 Å². The topological polar surface area (TPSA) is 27.7 Å². The third kappa shape index (κ3) is 4.69. The molecule has 0 saturated heterocycles. The largest absolute Gasteiger partial charge is 0.490 e. The van der Waals surface area contributed by atoms with Gasteiger partial charge in [0.1, 0.15) is 5.09 Å². The molecule has 5 heteroatoms. The summed E-state index contributed by atoms with van der Waals surface area (Å²) in [7, 11) is 2.86. The van der Waals surface area contributed by atoms with Gasteiger partial charge in [-0.25, -0.2) is 0 Å². The maximum Gasteiger partial charge on any atom is 0.490 e. The number of hydrogen-bond acceptors (Lipinski definition) is 4. The second kappa shape index (κ2) is 7.52. The minimum atomic E-state index is -0.320. The molecule has 0 radical (unpaired) electrons. The van der Waals surface area contributed by atoms with Crippen molar-refractivity contribution in [2.75, 3.05) is 27.1 Å². The van der Waals surface area contributed by atoms with E-state index in [9.17, 15) is 0 Å². The van der Waals surface area contributed by atoms with E-state index < -0.39 is 0 Å². The highest BCUT2D eigenvalue weighted by molar-refractivity contribution is 8.02. The molecule has 0 aliphatic rings. The van der Waals surface area contributed by atoms with Gasteiger partial charge < -0.3 is 14.0 Å². The van der Waals surface area contributed by atoms with E-state index in [1.165, 1.54) is 11.8 Å². The second-order valence-corrected chi connectivity index (χ2v) is 2.77. The molecule has 0 atom stereocenters. The Bertz CT molecular complexity index is 137. The molecule has 0 unspecified atom stereocenters. The van der Waals surface area contributed by atoms with Crippen molar-refractivity contribution in [3.63, 3.8) is 0 Å². The maximum atomic E-state index is 5.29. The smallest absolute Gasteiger partial charge is 0.489 e. The predicted molar refractivity (Wildman–Crippen MR) is 53.0 cm³/mol. The van der Waals surface area contributed by atoms with Gasteiger partial charge in [0.15, 0.2) is 0 Å². The molecular weight excluding hydrogens is 175 g/mol. The highest BCUT2D eigenvalue weighted by Gasteiger charge is 2.12. The van der Waals surface area contributed by atoms with Gasteiger partial charge in [0.05, 0.1) is 6.61 Å². The average Bonchev–Trinajstić information content (AvgIpc) is 2.12. The van der Waals surface area contributed by atoms with E-state index >= 15 is 0 Å². The van der Waals surface area contributed by atoms with Crippen LogP contribution in [0.25, 0.3) is 0 Å². The van der Waals surface area contributed by atoms with Gasteiger partial charge in [-0.1, -0.05) is 11.8 Å². The average molecular weight is 190 g/mol. The number of ether oxygens (including phenoxy) is 1. The Labute approximate surface area is 78.6 Å². The summed E-state index contributed by atoms with van der Waals surface area (Å²) < 4.78 is 15.3. The monoisotopic (exact) mass is 190 g/mol. The Balaban J connectivity index is 4.03. The van der Waals surface area contributed by atoms with Crippen LogP contribution in [0.5, 0.6) is 0 Å². The Kier molecular flexibility index (Phi) is 7.44. The summed E-state index contributed by atoms with van der Waals surface area (Å²) in [5.74, 6) is 1.80. The minimum Gasteiger partial charge on any atom is -0.489 e. The first-order valence-electron chi connectivity index (χ1n) is 3.72. The molecule has 3 nitrogen and oxygen atoms in total. The van der Waals surface area contributed by atoms with E-state index in [1.807, 2.05) is 13.2 Å². The summed E-state index contributed by atoms with van der Waals surface area (Å²) in [5.41, 5.74) is 0. The molecule has 0 aliphatic heterocycles. The van der Waals surface area contributed by atoms with Gasteiger partial charge in [-0.05, 0) is 19.2 Å². The molecule has 70 valence electrons. The standard InChI is InChI=1S/C7H15BO3S/c1-5-11-7(12-4)6-8(9-2)10-3/h6H,5H2,1-4H3/b7-6-. The van der Waals surface area contributed by atoms with Crippen molar-refractivity contribution in [1.82, 2.24) is 0 Å². The van der Waals surface area contributed by atoms with E-state index in [0.717, 1.165) is 5.09 Å². The fourth-order valence-corrected chi connectivity index (χ4v) is 1.14. The van der Waals surface area contributed by atoms with E-state index in [-0.39, 0.29) is 7.12 Å². The van der Waals surface area contributed by atoms with Crippen molar-refractivity contribution in [1.29, 1.82) is 0 Å². The second-order valence-electron chi connectivity index (χ2n) is 1.96. The van der Waals surface area contributed by atoms with E-state index in [4.69, 9.17) is 14.0 Å². The van der Waals surface area contributed by atoms with Gasteiger partial charge in [-0.15, -0.1) is 0 Å². The van der Waals surface area contributed by atoms with Crippen LogP contribution in [-0.2, 0) is 14.0 Å². The maximum absolute atomic E-state index is 5.29. The molecule has 0 aromatic carbocycles. The number of thioether (sulfide) groups is 1. The molecule has 12 heavy (non-hydrogen) atoms. The molecular formula is C7H15BO3S. The van der Waals surface area contributed by atoms with Crippen molar-refractivity contribution >= 4 is 18.9 Å². The molecule has 0 amide bonds. The summed E-state index contributed by atoms with van der Waals surface area (Å²) in [4.78, 5) is 0.